The molecule has 0 heterocycles. The van der Waals surface area contributed by atoms with Gasteiger partial charge in [-0.1, -0.05) is 12.1 Å². The maximum absolute atomic E-state index is 3.72. The Bertz CT molecular complexity index is 312. The zero-order valence-electron chi connectivity index (χ0n) is 9.50. The monoisotopic (exact) mass is 302 g/mol. The first-order valence-electron chi connectivity index (χ1n) is 4.53. The molecule has 2 aromatic rings. The van der Waals surface area contributed by atoms with Gasteiger partial charge in [-0.2, -0.15) is 49.2 Å². The number of rotatable bonds is 0. The van der Waals surface area contributed by atoms with Gasteiger partial charge in [-0.05, 0) is 0 Å². The van der Waals surface area contributed by atoms with Gasteiger partial charge in [-0.25, -0.2) is 0 Å². The molecule has 0 aliphatic carbocycles. The molecule has 0 radical (unpaired) electrons. The van der Waals surface area contributed by atoms with Gasteiger partial charge < -0.3 is 0 Å². The predicted octanol–water partition coefficient (Wildman–Crippen LogP) is 4.58. The molecule has 3 heteroatoms. The fourth-order valence-corrected chi connectivity index (χ4v) is 0.956. The summed E-state index contributed by atoms with van der Waals surface area (Å²) >= 11 is 0. The van der Waals surface area contributed by atoms with Crippen molar-refractivity contribution in [2.45, 2.75) is 0 Å². The van der Waals surface area contributed by atoms with Crippen LogP contribution < -0.4 is 0 Å². The molecule has 0 aliphatic heterocycles. The molecule has 2 rings (SSSR count). The zero-order chi connectivity index (χ0) is 10.2. The Hall–Kier alpha value is -0.526. The Morgan fingerprint density at radius 3 is 0.882 bits per heavy atom. The minimum absolute atomic E-state index is 0. The van der Waals surface area contributed by atoms with Crippen LogP contribution in [0.4, 0.5) is 0 Å². The van der Waals surface area contributed by atoms with Crippen molar-refractivity contribution in [1.29, 1.82) is 0 Å². The van der Waals surface area contributed by atoms with Crippen LogP contribution in [0.3, 0.4) is 0 Å². The Morgan fingerprint density at radius 1 is 0.529 bits per heavy atom. The molecular formula is C14H16Cl2Ti. The topological polar surface area (TPSA) is 0 Å². The van der Waals surface area contributed by atoms with Crippen LogP contribution in [0.25, 0.3) is 0 Å². The molecule has 17 heavy (non-hydrogen) atoms. The molecule has 0 fully saturated rings. The molecule has 0 saturated carbocycles. The van der Waals surface area contributed by atoms with Crippen molar-refractivity contribution in [3.63, 3.8) is 0 Å². The van der Waals surface area contributed by atoms with Gasteiger partial charge >= 0.3 is 21.7 Å². The van der Waals surface area contributed by atoms with Gasteiger partial charge in [0.05, 0.1) is 0 Å². The number of halogens is 2. The second-order valence-corrected chi connectivity index (χ2v) is 2.97. The fourth-order valence-electron chi connectivity index (χ4n) is 0.956. The Morgan fingerprint density at radius 2 is 0.765 bits per heavy atom. The van der Waals surface area contributed by atoms with Crippen molar-refractivity contribution in [2.75, 3.05) is 0 Å². The quantitative estimate of drug-likeness (QED) is 0.494. The summed E-state index contributed by atoms with van der Waals surface area (Å²) in [6, 6.07) is 19.7. The van der Waals surface area contributed by atoms with E-state index in [2.05, 4.69) is 13.8 Å². The van der Waals surface area contributed by atoms with Gasteiger partial charge in [0.25, 0.3) is 0 Å². The molecule has 90 valence electrons. The van der Waals surface area contributed by atoms with Crippen LogP contribution in [-0.4, -0.2) is 0 Å². The first-order valence-corrected chi connectivity index (χ1v) is 4.53. The van der Waals surface area contributed by atoms with E-state index in [1.165, 1.54) is 0 Å². The van der Waals surface area contributed by atoms with Crippen molar-refractivity contribution in [3.8, 4) is 0 Å². The smallest absolute Gasteiger partial charge is 0.199 e. The van der Waals surface area contributed by atoms with Gasteiger partial charge in [-0.3, -0.25) is 0 Å². The molecule has 0 aromatic heterocycles. The van der Waals surface area contributed by atoms with Crippen LogP contribution in [-0.2, 0) is 21.7 Å². The zero-order valence-corrected chi connectivity index (χ0v) is 12.7. The van der Waals surface area contributed by atoms with E-state index in [0.717, 1.165) is 11.1 Å². The minimum atomic E-state index is 0. The number of hydrogen-bond donors (Lipinski definition) is 0. The summed E-state index contributed by atoms with van der Waals surface area (Å²) in [7, 11) is 0. The fraction of sp³-hybridized carbons (Fsp3) is 0. The molecular weight excluding hydrogens is 287 g/mol. The molecule has 0 N–H and O–H groups in total. The number of hydrogen-bond acceptors (Lipinski definition) is 0. The summed E-state index contributed by atoms with van der Waals surface area (Å²) in [5.41, 5.74) is 2.14. The van der Waals surface area contributed by atoms with Crippen LogP contribution >= 0.6 is 24.8 Å². The van der Waals surface area contributed by atoms with Crippen molar-refractivity contribution in [3.05, 3.63) is 85.6 Å². The maximum Gasteiger partial charge on any atom is 2.00 e. The summed E-state index contributed by atoms with van der Waals surface area (Å²) in [5.74, 6) is 0. The SMILES string of the molecule is Cl.Cl.[CH2-]c1ccccc1.[CH2-]c1ccccc1.[Ti+2]. The van der Waals surface area contributed by atoms with E-state index >= 15 is 0 Å². The maximum atomic E-state index is 3.72. The van der Waals surface area contributed by atoms with Crippen molar-refractivity contribution in [2.24, 2.45) is 0 Å². The van der Waals surface area contributed by atoms with Gasteiger partial charge in [0.2, 0.25) is 0 Å². The third-order valence-corrected chi connectivity index (χ3v) is 1.69. The van der Waals surface area contributed by atoms with E-state index in [4.69, 9.17) is 0 Å². The molecule has 0 spiro atoms. The van der Waals surface area contributed by atoms with Gasteiger partial charge in [0, 0.05) is 0 Å². The molecule has 0 amide bonds. The van der Waals surface area contributed by atoms with Crippen molar-refractivity contribution < 1.29 is 21.7 Å². The van der Waals surface area contributed by atoms with E-state index in [0.29, 0.717) is 0 Å². The standard InChI is InChI=1S/2C7H7.2ClH.Ti/c2*1-7-5-3-2-4-6-7;;;/h2*2-6H,1H2;2*1H;/q2*-1;;;+2. The largest absolute Gasteiger partial charge is 2.00 e. The third kappa shape index (κ3) is 11.7. The average Bonchev–Trinajstić information content (AvgIpc) is 2.21. The number of benzene rings is 2. The molecule has 0 atom stereocenters. The molecule has 0 bridgehead atoms. The van der Waals surface area contributed by atoms with Crippen LogP contribution in [0.15, 0.2) is 60.7 Å². The average molecular weight is 303 g/mol. The van der Waals surface area contributed by atoms with Crippen LogP contribution in [0.5, 0.6) is 0 Å². The Kier molecular flexibility index (Phi) is 17.3. The Balaban J connectivity index is -0.000000196. The second kappa shape index (κ2) is 13.5. The molecule has 0 nitrogen and oxygen atoms in total. The first-order chi connectivity index (χ1) is 6.79. The summed E-state index contributed by atoms with van der Waals surface area (Å²) < 4.78 is 0. The van der Waals surface area contributed by atoms with E-state index < -0.39 is 0 Å². The summed E-state index contributed by atoms with van der Waals surface area (Å²) in [6.45, 7) is 7.44. The summed E-state index contributed by atoms with van der Waals surface area (Å²) in [4.78, 5) is 0. The van der Waals surface area contributed by atoms with Gasteiger partial charge in [0.15, 0.2) is 0 Å². The van der Waals surface area contributed by atoms with E-state index in [1.807, 2.05) is 60.7 Å². The predicted molar refractivity (Wildman–Crippen MR) is 76.3 cm³/mol. The van der Waals surface area contributed by atoms with Crippen LogP contribution in [0, 0.1) is 13.8 Å². The first kappa shape index (κ1) is 21.7. The van der Waals surface area contributed by atoms with Crippen LogP contribution in [0.1, 0.15) is 11.1 Å². The third-order valence-electron chi connectivity index (χ3n) is 1.69. The molecule has 0 aliphatic rings. The van der Waals surface area contributed by atoms with Crippen molar-refractivity contribution in [1.82, 2.24) is 0 Å². The van der Waals surface area contributed by atoms with Crippen molar-refractivity contribution >= 4 is 24.8 Å². The van der Waals surface area contributed by atoms with Gasteiger partial charge in [-0.15, -0.1) is 49.1 Å². The summed E-state index contributed by atoms with van der Waals surface area (Å²) in [6.07, 6.45) is 0. The molecule has 2 aromatic carbocycles. The molecule has 0 saturated heterocycles. The normalized spacial score (nSPS) is 7.06. The second-order valence-electron chi connectivity index (χ2n) is 2.97. The van der Waals surface area contributed by atoms with E-state index in [-0.39, 0.29) is 46.5 Å². The van der Waals surface area contributed by atoms with E-state index in [1.54, 1.807) is 0 Å². The van der Waals surface area contributed by atoms with Gasteiger partial charge in [0.1, 0.15) is 0 Å². The van der Waals surface area contributed by atoms with Crippen LogP contribution in [0.2, 0.25) is 0 Å². The Labute approximate surface area is 132 Å². The summed E-state index contributed by atoms with van der Waals surface area (Å²) in [5, 5.41) is 0. The minimum Gasteiger partial charge on any atom is -0.199 e. The van der Waals surface area contributed by atoms with E-state index in [9.17, 15) is 0 Å². The molecule has 0 unspecified atom stereocenters.